The number of ether oxygens (including phenoxy) is 2. The minimum atomic E-state index is -0.621. The van der Waals surface area contributed by atoms with Crippen molar-refractivity contribution in [3.8, 4) is 11.5 Å². The Kier molecular flexibility index (Phi) is 4.85. The number of aryl methyl sites for hydroxylation is 1. The van der Waals surface area contributed by atoms with E-state index in [4.69, 9.17) is 9.47 Å². The second-order valence-electron chi connectivity index (χ2n) is 5.17. The number of benzene rings is 2. The molecular formula is C18H17FN2O3S. The summed E-state index contributed by atoms with van der Waals surface area (Å²) < 4.78 is 27.4. The molecule has 1 heterocycles. The fraction of sp³-hybridized carbons (Fsp3) is 0.222. The molecule has 25 heavy (non-hydrogen) atoms. The zero-order chi connectivity index (χ0) is 18.0. The van der Waals surface area contributed by atoms with Crippen LogP contribution in [-0.4, -0.2) is 24.7 Å². The number of fused-ring (bicyclic) bond motifs is 1. The highest BCUT2D eigenvalue weighted by molar-refractivity contribution is 7.16. The lowest BCUT2D eigenvalue weighted by atomic mass is 10.2. The van der Waals surface area contributed by atoms with Gasteiger partial charge in [-0.15, -0.1) is 0 Å². The molecule has 0 spiro atoms. The summed E-state index contributed by atoms with van der Waals surface area (Å²) in [6, 6.07) is 9.42. The topological polar surface area (TPSA) is 52.8 Å². The number of amides is 1. The number of halogens is 1. The first-order chi connectivity index (χ1) is 12.1. The second kappa shape index (κ2) is 7.06. The number of hydrogen-bond donors (Lipinski definition) is 0. The van der Waals surface area contributed by atoms with Crippen LogP contribution in [0.4, 0.5) is 4.39 Å². The Morgan fingerprint density at radius 1 is 1.16 bits per heavy atom. The summed E-state index contributed by atoms with van der Waals surface area (Å²) in [5, 5.41) is 0. The summed E-state index contributed by atoms with van der Waals surface area (Å²) in [5.41, 5.74) is 0.746. The van der Waals surface area contributed by atoms with Gasteiger partial charge in [-0.25, -0.2) is 4.39 Å². The quantitative estimate of drug-likeness (QED) is 0.714. The van der Waals surface area contributed by atoms with E-state index in [0.29, 0.717) is 22.8 Å². The first kappa shape index (κ1) is 17.2. The maximum absolute atomic E-state index is 13.8. The van der Waals surface area contributed by atoms with E-state index in [1.165, 1.54) is 29.5 Å². The van der Waals surface area contributed by atoms with Crippen molar-refractivity contribution in [3.05, 3.63) is 52.6 Å². The predicted molar refractivity (Wildman–Crippen MR) is 94.9 cm³/mol. The molecule has 0 aliphatic heterocycles. The number of carbonyl (C=O) groups is 1. The molecule has 3 aromatic rings. The molecule has 130 valence electrons. The van der Waals surface area contributed by atoms with Crippen molar-refractivity contribution in [2.75, 3.05) is 14.2 Å². The smallest absolute Gasteiger partial charge is 0.282 e. The van der Waals surface area contributed by atoms with Crippen molar-refractivity contribution in [2.45, 2.75) is 13.5 Å². The molecule has 1 aromatic heterocycles. The molecule has 0 fully saturated rings. The van der Waals surface area contributed by atoms with Crippen molar-refractivity contribution in [3.63, 3.8) is 0 Å². The van der Waals surface area contributed by atoms with Crippen molar-refractivity contribution < 1.29 is 18.7 Å². The van der Waals surface area contributed by atoms with Crippen LogP contribution in [0.15, 0.2) is 41.4 Å². The van der Waals surface area contributed by atoms with Crippen LogP contribution < -0.4 is 14.3 Å². The molecule has 0 bridgehead atoms. The highest BCUT2D eigenvalue weighted by Crippen LogP contribution is 2.35. The molecule has 0 saturated heterocycles. The van der Waals surface area contributed by atoms with Crippen LogP contribution in [0.5, 0.6) is 11.5 Å². The lowest BCUT2D eigenvalue weighted by molar-refractivity contribution is 0.0994. The average molecular weight is 360 g/mol. The van der Waals surface area contributed by atoms with Gasteiger partial charge in [0.2, 0.25) is 0 Å². The van der Waals surface area contributed by atoms with Gasteiger partial charge in [-0.2, -0.15) is 4.99 Å². The fourth-order valence-corrected chi connectivity index (χ4v) is 3.82. The molecule has 0 N–H and O–H groups in total. The van der Waals surface area contributed by atoms with Gasteiger partial charge in [0, 0.05) is 6.54 Å². The maximum Gasteiger partial charge on any atom is 0.282 e. The van der Waals surface area contributed by atoms with Gasteiger partial charge < -0.3 is 14.0 Å². The Labute approximate surface area is 148 Å². The molecule has 2 aromatic carbocycles. The van der Waals surface area contributed by atoms with Crippen LogP contribution >= 0.6 is 11.3 Å². The monoisotopic (exact) mass is 360 g/mol. The number of carbonyl (C=O) groups excluding carboxylic acids is 1. The molecule has 5 nitrogen and oxygen atoms in total. The number of methoxy groups -OCH3 is 2. The summed E-state index contributed by atoms with van der Waals surface area (Å²) >= 11 is 1.31. The molecule has 0 aliphatic carbocycles. The molecule has 0 atom stereocenters. The molecule has 7 heteroatoms. The van der Waals surface area contributed by atoms with Gasteiger partial charge in [0.25, 0.3) is 5.91 Å². The highest BCUT2D eigenvalue weighted by Gasteiger charge is 2.16. The van der Waals surface area contributed by atoms with E-state index in [1.807, 2.05) is 17.6 Å². The first-order valence-electron chi connectivity index (χ1n) is 7.68. The largest absolute Gasteiger partial charge is 0.495 e. The predicted octanol–water partition coefficient (Wildman–Crippen LogP) is 3.62. The van der Waals surface area contributed by atoms with Gasteiger partial charge in [0.05, 0.1) is 19.8 Å². The standard InChI is InChI=1S/C18H17FN2O3S/c1-4-21-15-13(23-2)9-10-14(24-3)16(15)25-18(21)20-17(22)11-7-5-6-8-12(11)19/h5-10H,4H2,1-3H3. The summed E-state index contributed by atoms with van der Waals surface area (Å²) in [4.78, 5) is 17.0. The molecule has 0 radical (unpaired) electrons. The van der Waals surface area contributed by atoms with Crippen molar-refractivity contribution >= 4 is 27.5 Å². The van der Waals surface area contributed by atoms with E-state index in [9.17, 15) is 9.18 Å². The third kappa shape index (κ3) is 3.02. The normalized spacial score (nSPS) is 11.8. The number of rotatable bonds is 4. The Morgan fingerprint density at radius 3 is 2.48 bits per heavy atom. The Hall–Kier alpha value is -2.67. The van der Waals surface area contributed by atoms with Gasteiger partial charge in [-0.3, -0.25) is 4.79 Å². The number of nitrogens with zero attached hydrogens (tertiary/aromatic N) is 2. The third-order valence-corrected chi connectivity index (χ3v) is 4.90. The minimum Gasteiger partial charge on any atom is -0.495 e. The number of hydrogen-bond acceptors (Lipinski definition) is 4. The summed E-state index contributed by atoms with van der Waals surface area (Å²) in [6.45, 7) is 2.52. The molecule has 1 amide bonds. The van der Waals surface area contributed by atoms with Crippen LogP contribution in [0, 0.1) is 5.82 Å². The number of thiazole rings is 1. The Morgan fingerprint density at radius 2 is 1.84 bits per heavy atom. The van der Waals surface area contributed by atoms with Crippen molar-refractivity contribution in [2.24, 2.45) is 4.99 Å². The fourth-order valence-electron chi connectivity index (χ4n) is 2.61. The van der Waals surface area contributed by atoms with E-state index >= 15 is 0 Å². The van der Waals surface area contributed by atoms with E-state index in [1.54, 1.807) is 26.4 Å². The lowest BCUT2D eigenvalue weighted by Crippen LogP contribution is -2.16. The summed E-state index contributed by atoms with van der Waals surface area (Å²) in [6.07, 6.45) is 0. The SMILES string of the molecule is CCn1c(=NC(=O)c2ccccc2F)sc2c(OC)ccc(OC)c21. The zero-order valence-corrected chi connectivity index (χ0v) is 14.9. The summed E-state index contributed by atoms with van der Waals surface area (Å²) in [5.74, 6) is 0.122. The zero-order valence-electron chi connectivity index (χ0n) is 14.1. The Balaban J connectivity index is 2.26. The van der Waals surface area contributed by atoms with Gasteiger partial charge in [-0.1, -0.05) is 23.5 Å². The Bertz CT molecular complexity index is 1010. The van der Waals surface area contributed by atoms with E-state index in [0.717, 1.165) is 10.2 Å². The van der Waals surface area contributed by atoms with E-state index in [2.05, 4.69) is 4.99 Å². The van der Waals surface area contributed by atoms with Crippen LogP contribution in [0.1, 0.15) is 17.3 Å². The van der Waals surface area contributed by atoms with E-state index in [-0.39, 0.29) is 5.56 Å². The summed E-state index contributed by atoms with van der Waals surface area (Å²) in [7, 11) is 3.17. The first-order valence-corrected chi connectivity index (χ1v) is 8.50. The maximum atomic E-state index is 13.8. The third-order valence-electron chi connectivity index (χ3n) is 3.81. The van der Waals surface area contributed by atoms with Crippen molar-refractivity contribution in [1.29, 1.82) is 0 Å². The van der Waals surface area contributed by atoms with Gasteiger partial charge >= 0.3 is 0 Å². The second-order valence-corrected chi connectivity index (χ2v) is 6.15. The van der Waals surface area contributed by atoms with Crippen molar-refractivity contribution in [1.82, 2.24) is 4.57 Å². The molecular weight excluding hydrogens is 343 g/mol. The van der Waals surface area contributed by atoms with Crippen LogP contribution in [-0.2, 0) is 6.54 Å². The van der Waals surface area contributed by atoms with Gasteiger partial charge in [0.1, 0.15) is 27.5 Å². The minimum absolute atomic E-state index is 0.0541. The highest BCUT2D eigenvalue weighted by atomic mass is 32.1. The lowest BCUT2D eigenvalue weighted by Gasteiger charge is -2.08. The van der Waals surface area contributed by atoms with Crippen LogP contribution in [0.2, 0.25) is 0 Å². The molecule has 0 unspecified atom stereocenters. The van der Waals surface area contributed by atoms with E-state index < -0.39 is 11.7 Å². The van der Waals surface area contributed by atoms with Crippen LogP contribution in [0.3, 0.4) is 0 Å². The molecule has 3 rings (SSSR count). The number of aromatic nitrogens is 1. The van der Waals surface area contributed by atoms with Crippen LogP contribution in [0.25, 0.3) is 10.2 Å². The molecule has 0 saturated carbocycles. The van der Waals surface area contributed by atoms with Gasteiger partial charge in [-0.05, 0) is 31.2 Å². The molecule has 0 aliphatic rings. The van der Waals surface area contributed by atoms with Gasteiger partial charge in [0.15, 0.2) is 4.80 Å². The average Bonchev–Trinajstić information content (AvgIpc) is 2.99.